The number of aliphatic hydroxyl groups is 1. The second kappa shape index (κ2) is 6.25. The van der Waals surface area contributed by atoms with E-state index < -0.39 is 0 Å². The molecule has 0 aromatic carbocycles. The molecule has 1 aromatic rings. The second-order valence-corrected chi connectivity index (χ2v) is 4.53. The molecule has 2 N–H and O–H groups in total. The number of hydrogen-bond donors (Lipinski definition) is 2. The van der Waals surface area contributed by atoms with Crippen LogP contribution >= 0.6 is 27.5 Å². The van der Waals surface area contributed by atoms with Crippen molar-refractivity contribution in [2.24, 2.45) is 5.92 Å². The summed E-state index contributed by atoms with van der Waals surface area (Å²) in [7, 11) is 0. The summed E-state index contributed by atoms with van der Waals surface area (Å²) >= 11 is 8.99. The van der Waals surface area contributed by atoms with Gasteiger partial charge in [0.05, 0.1) is 4.47 Å². The first-order chi connectivity index (χ1) is 7.13. The molecule has 0 amide bonds. The highest BCUT2D eigenvalue weighted by Crippen LogP contribution is 2.20. The van der Waals surface area contributed by atoms with Gasteiger partial charge in [-0.05, 0) is 39.9 Å². The summed E-state index contributed by atoms with van der Waals surface area (Å²) in [6.07, 6.45) is 2.37. The van der Waals surface area contributed by atoms with E-state index in [1.165, 1.54) is 0 Å². The summed E-state index contributed by atoms with van der Waals surface area (Å²) in [4.78, 5) is 7.87. The number of halogens is 2. The van der Waals surface area contributed by atoms with Gasteiger partial charge in [-0.2, -0.15) is 4.98 Å². The molecular formula is C9H13BrClN3O. The van der Waals surface area contributed by atoms with Gasteiger partial charge in [0.25, 0.3) is 0 Å². The van der Waals surface area contributed by atoms with Crippen LogP contribution in [0.25, 0.3) is 0 Å². The molecule has 1 aromatic heterocycles. The van der Waals surface area contributed by atoms with Crippen molar-refractivity contribution in [3.63, 3.8) is 0 Å². The predicted molar refractivity (Wildman–Crippen MR) is 64.1 cm³/mol. The smallest absolute Gasteiger partial charge is 0.224 e. The van der Waals surface area contributed by atoms with E-state index in [4.69, 9.17) is 16.7 Å². The Balaban J connectivity index is 2.53. The van der Waals surface area contributed by atoms with Gasteiger partial charge in [0.2, 0.25) is 5.28 Å². The summed E-state index contributed by atoms with van der Waals surface area (Å²) in [5.74, 6) is 1.07. The Labute approximate surface area is 102 Å². The Morgan fingerprint density at radius 1 is 1.67 bits per heavy atom. The van der Waals surface area contributed by atoms with Crippen molar-refractivity contribution in [1.82, 2.24) is 9.97 Å². The molecule has 0 fully saturated rings. The van der Waals surface area contributed by atoms with Crippen molar-refractivity contribution in [3.8, 4) is 0 Å². The lowest BCUT2D eigenvalue weighted by Gasteiger charge is -2.12. The van der Waals surface area contributed by atoms with Crippen LogP contribution in [0.15, 0.2) is 10.7 Å². The Hall–Kier alpha value is -0.390. The SMILES string of the molecule is CC(CCO)CNc1nc(Cl)ncc1Br. The fraction of sp³-hybridized carbons (Fsp3) is 0.556. The normalized spacial score (nSPS) is 12.5. The Morgan fingerprint density at radius 3 is 3.07 bits per heavy atom. The number of nitrogens with zero attached hydrogens (tertiary/aromatic N) is 2. The number of aromatic nitrogens is 2. The molecule has 0 saturated carbocycles. The Kier molecular flexibility index (Phi) is 5.28. The monoisotopic (exact) mass is 293 g/mol. The Morgan fingerprint density at radius 2 is 2.40 bits per heavy atom. The molecule has 1 rings (SSSR count). The van der Waals surface area contributed by atoms with E-state index >= 15 is 0 Å². The number of hydrogen-bond acceptors (Lipinski definition) is 4. The molecule has 6 heteroatoms. The highest BCUT2D eigenvalue weighted by Gasteiger charge is 2.05. The molecule has 0 aliphatic carbocycles. The molecule has 0 radical (unpaired) electrons. The van der Waals surface area contributed by atoms with Gasteiger partial charge in [0.1, 0.15) is 5.82 Å². The predicted octanol–water partition coefficient (Wildman–Crippen LogP) is 2.32. The molecule has 1 unspecified atom stereocenters. The van der Waals surface area contributed by atoms with E-state index in [2.05, 4.69) is 38.1 Å². The molecule has 0 saturated heterocycles. The van der Waals surface area contributed by atoms with Crippen LogP contribution < -0.4 is 5.32 Å². The van der Waals surface area contributed by atoms with Gasteiger partial charge in [0, 0.05) is 19.3 Å². The lowest BCUT2D eigenvalue weighted by molar-refractivity contribution is 0.266. The minimum atomic E-state index is 0.203. The minimum Gasteiger partial charge on any atom is -0.396 e. The maximum Gasteiger partial charge on any atom is 0.224 e. The molecule has 0 bridgehead atoms. The molecule has 0 spiro atoms. The van der Waals surface area contributed by atoms with E-state index in [1.807, 2.05) is 0 Å². The van der Waals surface area contributed by atoms with Crippen LogP contribution in [0, 0.1) is 5.92 Å². The topological polar surface area (TPSA) is 58.0 Å². The standard InChI is InChI=1S/C9H13BrClN3O/c1-6(2-3-15)4-12-8-7(10)5-13-9(11)14-8/h5-6,15H,2-4H2,1H3,(H,12,13,14). The molecule has 4 nitrogen and oxygen atoms in total. The zero-order chi connectivity index (χ0) is 11.3. The molecule has 0 aliphatic rings. The lowest BCUT2D eigenvalue weighted by Crippen LogP contribution is -2.13. The van der Waals surface area contributed by atoms with Gasteiger partial charge in [0.15, 0.2) is 0 Å². The molecule has 15 heavy (non-hydrogen) atoms. The summed E-state index contributed by atoms with van der Waals surface area (Å²) in [6, 6.07) is 0. The number of anilines is 1. The first-order valence-electron chi connectivity index (χ1n) is 4.66. The zero-order valence-electron chi connectivity index (χ0n) is 8.37. The van der Waals surface area contributed by atoms with Gasteiger partial charge in [-0.3, -0.25) is 0 Å². The third-order valence-corrected chi connectivity index (χ3v) is 2.72. The average Bonchev–Trinajstić information content (AvgIpc) is 2.20. The van der Waals surface area contributed by atoms with Crippen molar-refractivity contribution in [2.45, 2.75) is 13.3 Å². The van der Waals surface area contributed by atoms with Gasteiger partial charge in [-0.25, -0.2) is 4.98 Å². The van der Waals surface area contributed by atoms with Crippen LogP contribution in [-0.4, -0.2) is 28.2 Å². The summed E-state index contributed by atoms with van der Waals surface area (Å²) in [6.45, 7) is 3.00. The van der Waals surface area contributed by atoms with E-state index in [9.17, 15) is 0 Å². The van der Waals surface area contributed by atoms with Gasteiger partial charge in [-0.1, -0.05) is 6.92 Å². The molecule has 0 aliphatic heterocycles. The number of nitrogens with one attached hydrogen (secondary N) is 1. The first-order valence-corrected chi connectivity index (χ1v) is 5.83. The van der Waals surface area contributed by atoms with Crippen LogP contribution in [0.5, 0.6) is 0 Å². The second-order valence-electron chi connectivity index (χ2n) is 3.33. The molecule has 84 valence electrons. The van der Waals surface area contributed by atoms with Crippen LogP contribution in [0.2, 0.25) is 5.28 Å². The Bertz CT molecular complexity index is 324. The summed E-state index contributed by atoms with van der Waals surface area (Å²) in [5, 5.41) is 12.1. The minimum absolute atomic E-state index is 0.203. The van der Waals surface area contributed by atoms with Crippen LogP contribution in [0.1, 0.15) is 13.3 Å². The first kappa shape index (κ1) is 12.7. The summed E-state index contributed by atoms with van der Waals surface area (Å²) < 4.78 is 0.781. The fourth-order valence-electron chi connectivity index (χ4n) is 1.06. The maximum absolute atomic E-state index is 8.75. The van der Waals surface area contributed by atoms with E-state index in [0.717, 1.165) is 17.4 Å². The molecule has 1 atom stereocenters. The van der Waals surface area contributed by atoms with Crippen LogP contribution in [0.4, 0.5) is 5.82 Å². The van der Waals surface area contributed by atoms with Crippen molar-refractivity contribution < 1.29 is 5.11 Å². The van der Waals surface area contributed by atoms with Crippen molar-refractivity contribution in [1.29, 1.82) is 0 Å². The third kappa shape index (κ3) is 4.32. The third-order valence-electron chi connectivity index (χ3n) is 1.95. The quantitative estimate of drug-likeness (QED) is 0.818. The van der Waals surface area contributed by atoms with Gasteiger partial charge >= 0.3 is 0 Å². The summed E-state index contributed by atoms with van der Waals surface area (Å²) in [5.41, 5.74) is 0. The zero-order valence-corrected chi connectivity index (χ0v) is 10.7. The maximum atomic E-state index is 8.75. The van der Waals surface area contributed by atoms with Gasteiger partial charge in [-0.15, -0.1) is 0 Å². The molecule has 1 heterocycles. The largest absolute Gasteiger partial charge is 0.396 e. The van der Waals surface area contributed by atoms with Gasteiger partial charge < -0.3 is 10.4 Å². The lowest BCUT2D eigenvalue weighted by atomic mass is 10.1. The number of rotatable bonds is 5. The highest BCUT2D eigenvalue weighted by atomic mass is 79.9. The van der Waals surface area contributed by atoms with E-state index in [0.29, 0.717) is 11.7 Å². The van der Waals surface area contributed by atoms with E-state index in [1.54, 1.807) is 6.20 Å². The highest BCUT2D eigenvalue weighted by molar-refractivity contribution is 9.10. The fourth-order valence-corrected chi connectivity index (χ4v) is 1.53. The average molecular weight is 295 g/mol. The van der Waals surface area contributed by atoms with Crippen LogP contribution in [-0.2, 0) is 0 Å². The number of aliphatic hydroxyl groups excluding tert-OH is 1. The van der Waals surface area contributed by atoms with Crippen molar-refractivity contribution >= 4 is 33.3 Å². The van der Waals surface area contributed by atoms with Crippen molar-refractivity contribution in [3.05, 3.63) is 16.0 Å². The van der Waals surface area contributed by atoms with Crippen molar-refractivity contribution in [2.75, 3.05) is 18.5 Å². The van der Waals surface area contributed by atoms with E-state index in [-0.39, 0.29) is 11.9 Å². The van der Waals surface area contributed by atoms with Crippen LogP contribution in [0.3, 0.4) is 0 Å². The molecular weight excluding hydrogens is 281 g/mol.